The van der Waals surface area contributed by atoms with Crippen LogP contribution in [0.5, 0.6) is 5.75 Å². The van der Waals surface area contributed by atoms with Gasteiger partial charge in [0.25, 0.3) is 5.91 Å². The molecule has 1 amide bonds. The number of nitrogens with zero attached hydrogens (tertiary/aromatic N) is 4. The molecule has 0 aliphatic carbocycles. The SMILES string of the molecule is C.CC.CCCCn1c(-c2nc3cc(C(=O)N4CCCCC4)cc(OC)c3n2C)cc2scc(C3CCCNC3)c21.CN. The van der Waals surface area contributed by atoms with Crippen LogP contribution in [0.25, 0.3) is 32.8 Å². The molecule has 2 saturated heterocycles. The first-order valence-electron chi connectivity index (χ1n) is 15.8. The fourth-order valence-electron chi connectivity index (χ4n) is 6.33. The number of fused-ring (bicyclic) bond motifs is 2. The Morgan fingerprint density at radius 2 is 1.86 bits per heavy atom. The summed E-state index contributed by atoms with van der Waals surface area (Å²) >= 11 is 1.85. The third-order valence-electron chi connectivity index (χ3n) is 8.39. The molecule has 6 rings (SSSR count). The van der Waals surface area contributed by atoms with Gasteiger partial charge in [-0.2, -0.15) is 0 Å². The average Bonchev–Trinajstić information content (AvgIpc) is 3.73. The lowest BCUT2D eigenvalue weighted by atomic mass is 9.93. The van der Waals surface area contributed by atoms with Crippen molar-refractivity contribution in [2.75, 3.05) is 40.3 Å². The van der Waals surface area contributed by atoms with Crippen molar-refractivity contribution in [2.45, 2.75) is 85.6 Å². The second-order valence-corrected chi connectivity index (χ2v) is 11.8. The number of amides is 1. The maximum atomic E-state index is 13.3. The number of carbonyl (C=O) groups is 1. The number of benzene rings is 1. The van der Waals surface area contributed by atoms with Crippen molar-refractivity contribution in [2.24, 2.45) is 12.8 Å². The molecule has 3 N–H and O–H groups in total. The minimum absolute atomic E-state index is 0. The highest BCUT2D eigenvalue weighted by Crippen LogP contribution is 2.40. The number of hydrogen-bond acceptors (Lipinski definition) is 6. The Morgan fingerprint density at radius 3 is 2.51 bits per heavy atom. The maximum Gasteiger partial charge on any atom is 0.254 e. The Labute approximate surface area is 262 Å². The lowest BCUT2D eigenvalue weighted by molar-refractivity contribution is 0.0724. The maximum absolute atomic E-state index is 13.3. The number of ether oxygens (including phenoxy) is 1. The summed E-state index contributed by atoms with van der Waals surface area (Å²) in [5, 5.41) is 5.98. The standard InChI is InChI=1S/C30H39N5O2S.C2H6.CH5N.CH4/c1-4-5-14-35-24(17-26-27(35)22(19-38-26)20-10-9-11-31-18-20)29-32-23-15-21(16-25(37-3)28(23)33(29)2)30(36)34-12-7-6-8-13-34;2*1-2;/h15-17,19-20,31H,4-14,18H2,1-3H3;1-2H3;2H2,1H3;1H4. The van der Waals surface area contributed by atoms with E-state index in [4.69, 9.17) is 9.72 Å². The number of rotatable bonds is 7. The Kier molecular flexibility index (Phi) is 13.1. The van der Waals surface area contributed by atoms with Crippen LogP contribution in [-0.2, 0) is 13.6 Å². The number of aromatic nitrogens is 3. The summed E-state index contributed by atoms with van der Waals surface area (Å²) in [6, 6.07) is 6.18. The number of aryl methyl sites for hydroxylation is 2. The molecule has 1 unspecified atom stereocenters. The van der Waals surface area contributed by atoms with Gasteiger partial charge in [-0.15, -0.1) is 11.3 Å². The van der Waals surface area contributed by atoms with Gasteiger partial charge >= 0.3 is 0 Å². The van der Waals surface area contributed by atoms with E-state index in [0.29, 0.717) is 17.2 Å². The number of carbonyl (C=O) groups excluding carboxylic acids is 1. The van der Waals surface area contributed by atoms with Crippen molar-refractivity contribution in [3.8, 4) is 17.3 Å². The van der Waals surface area contributed by atoms with Crippen LogP contribution in [0.4, 0.5) is 0 Å². The van der Waals surface area contributed by atoms with Crippen molar-refractivity contribution in [1.82, 2.24) is 24.3 Å². The smallest absolute Gasteiger partial charge is 0.254 e. The molecule has 3 aromatic heterocycles. The van der Waals surface area contributed by atoms with Gasteiger partial charge < -0.3 is 29.8 Å². The number of hydrogen-bond donors (Lipinski definition) is 2. The first-order valence-corrected chi connectivity index (χ1v) is 16.7. The fraction of sp³-hybridized carbons (Fsp3) is 0.588. The average molecular weight is 611 g/mol. The van der Waals surface area contributed by atoms with Gasteiger partial charge in [-0.05, 0) is 87.2 Å². The Hall–Kier alpha value is -2.88. The molecule has 1 aromatic carbocycles. The Morgan fingerprint density at radius 1 is 1.12 bits per heavy atom. The van der Waals surface area contributed by atoms with Gasteiger partial charge in [0.15, 0.2) is 5.82 Å². The second kappa shape index (κ2) is 16.3. The molecule has 238 valence electrons. The van der Waals surface area contributed by atoms with Gasteiger partial charge in [-0.3, -0.25) is 4.79 Å². The zero-order chi connectivity index (χ0) is 30.2. The number of likely N-dealkylation sites (tertiary alicyclic amines) is 1. The molecule has 0 bridgehead atoms. The molecule has 0 spiro atoms. The van der Waals surface area contributed by atoms with Gasteiger partial charge in [0.1, 0.15) is 11.3 Å². The summed E-state index contributed by atoms with van der Waals surface area (Å²) in [5.41, 5.74) is 10.9. The zero-order valence-electron chi connectivity index (χ0n) is 26.5. The van der Waals surface area contributed by atoms with Crippen LogP contribution in [0, 0.1) is 0 Å². The molecular weight excluding hydrogens is 556 g/mol. The van der Waals surface area contributed by atoms with Gasteiger partial charge in [-0.1, -0.05) is 34.6 Å². The van der Waals surface area contributed by atoms with Crippen molar-refractivity contribution in [1.29, 1.82) is 0 Å². The fourth-order valence-corrected chi connectivity index (χ4v) is 7.41. The molecule has 0 saturated carbocycles. The van der Waals surface area contributed by atoms with Crippen LogP contribution in [0.1, 0.15) is 95.0 Å². The van der Waals surface area contributed by atoms with Crippen molar-refractivity contribution in [3.05, 3.63) is 34.7 Å². The third kappa shape index (κ3) is 6.94. The summed E-state index contributed by atoms with van der Waals surface area (Å²) in [6.07, 6.45) is 8.08. The molecule has 2 aliphatic heterocycles. The molecule has 2 aliphatic rings. The van der Waals surface area contributed by atoms with E-state index in [1.54, 1.807) is 7.11 Å². The topological polar surface area (TPSA) is 90.3 Å². The van der Waals surface area contributed by atoms with E-state index in [1.165, 1.54) is 42.1 Å². The number of piperidine rings is 2. The number of unbranched alkanes of at least 4 members (excludes halogenated alkanes) is 1. The molecule has 5 heterocycles. The summed E-state index contributed by atoms with van der Waals surface area (Å²) < 4.78 is 11.8. The minimum atomic E-state index is 0. The summed E-state index contributed by atoms with van der Waals surface area (Å²) in [5.74, 6) is 2.26. The lowest BCUT2D eigenvalue weighted by Gasteiger charge is -2.26. The zero-order valence-corrected chi connectivity index (χ0v) is 27.3. The van der Waals surface area contributed by atoms with Crippen LogP contribution < -0.4 is 15.8 Å². The summed E-state index contributed by atoms with van der Waals surface area (Å²) in [7, 11) is 5.25. The molecule has 4 aromatic rings. The third-order valence-corrected chi connectivity index (χ3v) is 9.33. The molecule has 43 heavy (non-hydrogen) atoms. The predicted molar refractivity (Wildman–Crippen MR) is 184 cm³/mol. The first kappa shape index (κ1) is 34.6. The molecule has 9 heteroatoms. The first-order chi connectivity index (χ1) is 20.6. The van der Waals surface area contributed by atoms with Gasteiger partial charge in [0, 0.05) is 38.8 Å². The highest BCUT2D eigenvalue weighted by Gasteiger charge is 2.26. The van der Waals surface area contributed by atoms with E-state index in [-0.39, 0.29) is 13.3 Å². The molecule has 0 radical (unpaired) electrons. The Bertz CT molecular complexity index is 1460. The largest absolute Gasteiger partial charge is 0.494 e. The number of thiophene rings is 1. The van der Waals surface area contributed by atoms with Crippen molar-refractivity contribution < 1.29 is 9.53 Å². The van der Waals surface area contributed by atoms with Crippen LogP contribution >= 0.6 is 11.3 Å². The molecule has 2 fully saturated rings. The predicted octanol–water partition coefficient (Wildman–Crippen LogP) is 7.40. The quantitative estimate of drug-likeness (QED) is 0.228. The van der Waals surface area contributed by atoms with Gasteiger partial charge in [-0.25, -0.2) is 4.98 Å². The molecule has 1 atom stereocenters. The van der Waals surface area contributed by atoms with Crippen LogP contribution in [-0.4, -0.2) is 65.3 Å². The number of nitrogens with two attached hydrogens (primary N) is 1. The molecule has 8 nitrogen and oxygen atoms in total. The highest BCUT2D eigenvalue weighted by molar-refractivity contribution is 7.17. The van der Waals surface area contributed by atoms with Crippen molar-refractivity contribution in [3.63, 3.8) is 0 Å². The van der Waals surface area contributed by atoms with E-state index in [2.05, 4.69) is 45.6 Å². The van der Waals surface area contributed by atoms with Crippen LogP contribution in [0.15, 0.2) is 23.6 Å². The molecular formula is C34H54N6O2S. The summed E-state index contributed by atoms with van der Waals surface area (Å²) in [6.45, 7) is 11.0. The number of imidazole rings is 1. The van der Waals surface area contributed by atoms with E-state index in [0.717, 1.165) is 81.0 Å². The van der Waals surface area contributed by atoms with E-state index in [1.807, 2.05) is 42.2 Å². The number of methoxy groups -OCH3 is 1. The van der Waals surface area contributed by atoms with Crippen LogP contribution in [0.2, 0.25) is 0 Å². The monoisotopic (exact) mass is 610 g/mol. The normalized spacial score (nSPS) is 16.6. The lowest BCUT2D eigenvalue weighted by Crippen LogP contribution is -2.35. The van der Waals surface area contributed by atoms with Crippen molar-refractivity contribution >= 4 is 38.5 Å². The van der Waals surface area contributed by atoms with Crippen LogP contribution in [0.3, 0.4) is 0 Å². The van der Waals surface area contributed by atoms with E-state index in [9.17, 15) is 4.79 Å². The number of nitrogens with one attached hydrogen (secondary N) is 1. The second-order valence-electron chi connectivity index (χ2n) is 10.9. The highest BCUT2D eigenvalue weighted by atomic mass is 32.1. The van der Waals surface area contributed by atoms with Gasteiger partial charge in [0.05, 0.1) is 28.5 Å². The minimum Gasteiger partial charge on any atom is -0.494 e. The van der Waals surface area contributed by atoms with E-state index < -0.39 is 0 Å². The van der Waals surface area contributed by atoms with Gasteiger partial charge in [0.2, 0.25) is 0 Å². The Balaban J connectivity index is 0.000000973. The summed E-state index contributed by atoms with van der Waals surface area (Å²) in [4.78, 5) is 20.5. The van der Waals surface area contributed by atoms with E-state index >= 15 is 0 Å².